The maximum atomic E-state index is 5.73. The lowest BCUT2D eigenvalue weighted by Crippen LogP contribution is -2.03. The second-order valence-corrected chi connectivity index (χ2v) is 5.83. The van der Waals surface area contributed by atoms with E-state index in [1.165, 1.54) is 9.09 Å². The van der Waals surface area contributed by atoms with Gasteiger partial charge in [0.1, 0.15) is 5.75 Å². The Kier molecular flexibility index (Phi) is 4.20. The fourth-order valence-corrected chi connectivity index (χ4v) is 2.50. The van der Waals surface area contributed by atoms with E-state index >= 15 is 0 Å². The maximum absolute atomic E-state index is 5.73. The van der Waals surface area contributed by atoms with E-state index in [1.54, 1.807) is 0 Å². The number of benzene rings is 2. The van der Waals surface area contributed by atoms with Crippen molar-refractivity contribution in [2.45, 2.75) is 13.0 Å². The van der Waals surface area contributed by atoms with Gasteiger partial charge >= 0.3 is 0 Å². The summed E-state index contributed by atoms with van der Waals surface area (Å²) in [6.45, 7) is 1.64. The molecule has 1 aromatic heterocycles. The summed E-state index contributed by atoms with van der Waals surface area (Å²) in [6.07, 6.45) is 2.86. The van der Waals surface area contributed by atoms with Gasteiger partial charge in [-0.25, -0.2) is 4.98 Å². The molecule has 4 heteroatoms. The van der Waals surface area contributed by atoms with Crippen LogP contribution in [-0.4, -0.2) is 16.2 Å². The van der Waals surface area contributed by atoms with Crippen molar-refractivity contribution in [2.75, 3.05) is 6.61 Å². The summed E-state index contributed by atoms with van der Waals surface area (Å²) in [5.41, 5.74) is 2.23. The van der Waals surface area contributed by atoms with Gasteiger partial charge in [0, 0.05) is 10.1 Å². The molecule has 0 bridgehead atoms. The van der Waals surface area contributed by atoms with Gasteiger partial charge in [-0.2, -0.15) is 0 Å². The van der Waals surface area contributed by atoms with E-state index in [0.29, 0.717) is 6.61 Å². The zero-order valence-electron chi connectivity index (χ0n) is 11.0. The van der Waals surface area contributed by atoms with Gasteiger partial charge < -0.3 is 9.30 Å². The average molecular weight is 378 g/mol. The normalized spacial score (nSPS) is 10.8. The predicted octanol–water partition coefficient (Wildman–Crippen LogP) is 4.11. The monoisotopic (exact) mass is 378 g/mol. The van der Waals surface area contributed by atoms with Crippen molar-refractivity contribution in [1.29, 1.82) is 0 Å². The number of rotatable bonds is 5. The molecule has 0 unspecified atom stereocenters. The Bertz CT molecular complexity index is 691. The van der Waals surface area contributed by atoms with E-state index in [2.05, 4.69) is 50.3 Å². The number of aromatic nitrogens is 2. The van der Waals surface area contributed by atoms with Crippen LogP contribution in [0, 0.1) is 3.57 Å². The summed E-state index contributed by atoms with van der Waals surface area (Å²) in [5, 5.41) is 0. The van der Waals surface area contributed by atoms with Gasteiger partial charge in [0.25, 0.3) is 0 Å². The number of fused-ring (bicyclic) bond motifs is 1. The molecule has 0 fully saturated rings. The van der Waals surface area contributed by atoms with Crippen molar-refractivity contribution in [3.8, 4) is 5.75 Å². The van der Waals surface area contributed by atoms with E-state index in [1.807, 2.05) is 36.7 Å². The first kappa shape index (κ1) is 13.4. The van der Waals surface area contributed by atoms with Crippen LogP contribution in [-0.2, 0) is 6.54 Å². The lowest BCUT2D eigenvalue weighted by molar-refractivity contribution is 0.302. The maximum Gasteiger partial charge on any atom is 0.119 e. The second-order valence-electron chi connectivity index (χ2n) is 4.58. The third kappa shape index (κ3) is 3.12. The molecule has 3 rings (SSSR count). The Morgan fingerprint density at radius 2 is 1.85 bits per heavy atom. The van der Waals surface area contributed by atoms with Crippen LogP contribution in [0.4, 0.5) is 0 Å². The summed E-state index contributed by atoms with van der Waals surface area (Å²) >= 11 is 2.29. The summed E-state index contributed by atoms with van der Waals surface area (Å²) in [4.78, 5) is 4.39. The largest absolute Gasteiger partial charge is 0.494 e. The Balaban J connectivity index is 1.54. The van der Waals surface area contributed by atoms with Crippen LogP contribution < -0.4 is 4.74 Å². The van der Waals surface area contributed by atoms with Gasteiger partial charge in [0.05, 0.1) is 24.0 Å². The van der Waals surface area contributed by atoms with Crippen molar-refractivity contribution in [2.24, 2.45) is 0 Å². The Hall–Kier alpha value is -1.56. The predicted molar refractivity (Wildman–Crippen MR) is 89.0 cm³/mol. The highest BCUT2D eigenvalue weighted by Gasteiger charge is 2.01. The molecule has 0 N–H and O–H groups in total. The van der Waals surface area contributed by atoms with Gasteiger partial charge in [0.2, 0.25) is 0 Å². The van der Waals surface area contributed by atoms with Gasteiger partial charge in [-0.05, 0) is 65.4 Å². The van der Waals surface area contributed by atoms with Crippen LogP contribution in [0.1, 0.15) is 6.42 Å². The van der Waals surface area contributed by atoms with Crippen molar-refractivity contribution in [3.05, 3.63) is 58.4 Å². The molecule has 20 heavy (non-hydrogen) atoms. The number of para-hydroxylation sites is 2. The fraction of sp³-hybridized carbons (Fsp3) is 0.188. The molecule has 0 aliphatic rings. The Morgan fingerprint density at radius 3 is 2.70 bits per heavy atom. The molecular weight excluding hydrogens is 363 g/mol. The van der Waals surface area contributed by atoms with Crippen LogP contribution in [0.3, 0.4) is 0 Å². The van der Waals surface area contributed by atoms with Crippen LogP contribution in [0.5, 0.6) is 5.75 Å². The van der Waals surface area contributed by atoms with E-state index in [0.717, 1.165) is 24.2 Å². The quantitative estimate of drug-likeness (QED) is 0.494. The van der Waals surface area contributed by atoms with Gasteiger partial charge in [0.15, 0.2) is 0 Å². The highest BCUT2D eigenvalue weighted by Crippen LogP contribution is 2.15. The zero-order chi connectivity index (χ0) is 13.8. The first-order valence-electron chi connectivity index (χ1n) is 6.61. The first-order valence-corrected chi connectivity index (χ1v) is 7.69. The lowest BCUT2D eigenvalue weighted by Gasteiger charge is -2.07. The van der Waals surface area contributed by atoms with Crippen LogP contribution in [0.25, 0.3) is 11.0 Å². The second kappa shape index (κ2) is 6.26. The summed E-state index contributed by atoms with van der Waals surface area (Å²) in [7, 11) is 0. The van der Waals surface area contributed by atoms with E-state index in [-0.39, 0.29) is 0 Å². The standard InChI is InChI=1S/C16H15IN2O/c17-13-6-8-14(9-7-13)20-11-3-10-19-12-18-15-4-1-2-5-16(15)19/h1-2,4-9,12H,3,10-11H2. The third-order valence-corrected chi connectivity index (χ3v) is 3.87. The molecule has 0 saturated carbocycles. The fourth-order valence-electron chi connectivity index (χ4n) is 2.14. The van der Waals surface area contributed by atoms with Crippen molar-refractivity contribution in [3.63, 3.8) is 0 Å². The van der Waals surface area contributed by atoms with Gasteiger partial charge in [-0.1, -0.05) is 12.1 Å². The van der Waals surface area contributed by atoms with E-state index in [4.69, 9.17) is 4.74 Å². The van der Waals surface area contributed by atoms with Crippen LogP contribution in [0.2, 0.25) is 0 Å². The van der Waals surface area contributed by atoms with Crippen molar-refractivity contribution < 1.29 is 4.74 Å². The number of aryl methyl sites for hydroxylation is 1. The molecule has 0 spiro atoms. The SMILES string of the molecule is Ic1ccc(OCCCn2cnc3ccccc32)cc1. The van der Waals surface area contributed by atoms with Crippen LogP contribution in [0.15, 0.2) is 54.9 Å². The average Bonchev–Trinajstić information content (AvgIpc) is 2.89. The molecule has 0 aliphatic heterocycles. The molecule has 0 radical (unpaired) electrons. The molecule has 0 aliphatic carbocycles. The zero-order valence-corrected chi connectivity index (χ0v) is 13.2. The summed E-state index contributed by atoms with van der Waals surface area (Å²) in [6, 6.07) is 16.3. The number of ether oxygens (including phenoxy) is 1. The van der Waals surface area contributed by atoms with E-state index < -0.39 is 0 Å². The molecule has 102 valence electrons. The number of nitrogens with zero attached hydrogens (tertiary/aromatic N) is 2. The minimum atomic E-state index is 0.715. The lowest BCUT2D eigenvalue weighted by atomic mass is 10.3. The van der Waals surface area contributed by atoms with Crippen molar-refractivity contribution >= 4 is 33.6 Å². The first-order chi connectivity index (χ1) is 9.83. The number of halogens is 1. The molecular formula is C16H15IN2O. The minimum Gasteiger partial charge on any atom is -0.494 e. The van der Waals surface area contributed by atoms with E-state index in [9.17, 15) is 0 Å². The molecule has 2 aromatic carbocycles. The topological polar surface area (TPSA) is 27.1 Å². The van der Waals surface area contributed by atoms with Gasteiger partial charge in [-0.3, -0.25) is 0 Å². The summed E-state index contributed by atoms with van der Waals surface area (Å²) in [5.74, 6) is 0.931. The van der Waals surface area contributed by atoms with Gasteiger partial charge in [-0.15, -0.1) is 0 Å². The molecule has 3 aromatic rings. The number of imidazole rings is 1. The number of hydrogen-bond donors (Lipinski definition) is 0. The van der Waals surface area contributed by atoms with Crippen molar-refractivity contribution in [1.82, 2.24) is 9.55 Å². The molecule has 0 saturated heterocycles. The molecule has 0 amide bonds. The number of hydrogen-bond acceptors (Lipinski definition) is 2. The summed E-state index contributed by atoms with van der Waals surface area (Å²) < 4.78 is 9.13. The smallest absolute Gasteiger partial charge is 0.119 e. The highest BCUT2D eigenvalue weighted by molar-refractivity contribution is 14.1. The highest BCUT2D eigenvalue weighted by atomic mass is 127. The minimum absolute atomic E-state index is 0.715. The molecule has 0 atom stereocenters. The van der Waals surface area contributed by atoms with Crippen LogP contribution >= 0.6 is 22.6 Å². The third-order valence-electron chi connectivity index (χ3n) is 3.15. The molecule has 1 heterocycles. The Labute approximate surface area is 131 Å². The Morgan fingerprint density at radius 1 is 1.05 bits per heavy atom. The molecule has 3 nitrogen and oxygen atoms in total.